The molecule has 5 nitrogen and oxygen atoms in total. The molecule has 0 saturated heterocycles. The van der Waals surface area contributed by atoms with Crippen LogP contribution < -0.4 is 5.32 Å². The fourth-order valence-electron chi connectivity index (χ4n) is 4.38. The van der Waals surface area contributed by atoms with E-state index >= 15 is 0 Å². The van der Waals surface area contributed by atoms with Gasteiger partial charge in [-0.25, -0.2) is 4.39 Å². The van der Waals surface area contributed by atoms with Crippen molar-refractivity contribution in [2.24, 2.45) is 5.16 Å². The summed E-state index contributed by atoms with van der Waals surface area (Å²) in [4.78, 5) is 30.3. The summed E-state index contributed by atoms with van der Waals surface area (Å²) in [6.07, 6.45) is -4.73. The van der Waals surface area contributed by atoms with Crippen LogP contribution in [0, 0.1) is 5.82 Å². The highest BCUT2D eigenvalue weighted by Crippen LogP contribution is 2.42. The van der Waals surface area contributed by atoms with Crippen molar-refractivity contribution in [2.45, 2.75) is 44.9 Å². The number of carbonyl (C=O) groups is 2. The molecule has 1 heterocycles. The third-order valence-corrected chi connectivity index (χ3v) is 6.57. The molecule has 1 aliphatic heterocycles. The maximum Gasteiger partial charge on any atom is 0.419 e. The Morgan fingerprint density at radius 3 is 2.49 bits per heavy atom. The molecule has 0 unspecified atom stereocenters. The number of hydrogen-bond donors (Lipinski definition) is 1. The number of nitrogens with zero attached hydrogens (tertiary/aromatic N) is 1. The summed E-state index contributed by atoms with van der Waals surface area (Å²) in [6, 6.07) is 12.3. The van der Waals surface area contributed by atoms with Crippen LogP contribution in [0.25, 0.3) is 10.8 Å². The molecule has 0 fully saturated rings. The minimum Gasteiger partial charge on any atom is -0.384 e. The van der Waals surface area contributed by atoms with Gasteiger partial charge in [0.05, 0.1) is 16.3 Å². The summed E-state index contributed by atoms with van der Waals surface area (Å²) in [5, 5.41) is 7.50. The van der Waals surface area contributed by atoms with E-state index in [2.05, 4.69) is 10.5 Å². The van der Waals surface area contributed by atoms with Crippen molar-refractivity contribution < 1.29 is 32.0 Å². The van der Waals surface area contributed by atoms with Gasteiger partial charge in [-0.05, 0) is 36.8 Å². The molecular formula is C27H23ClF4N2O3. The van der Waals surface area contributed by atoms with Gasteiger partial charge in [0.15, 0.2) is 17.2 Å². The summed E-state index contributed by atoms with van der Waals surface area (Å²) in [6.45, 7) is 3.83. The number of alkyl halides is 3. The van der Waals surface area contributed by atoms with Crippen molar-refractivity contribution >= 4 is 39.8 Å². The Morgan fingerprint density at radius 1 is 1.11 bits per heavy atom. The third-order valence-electron chi connectivity index (χ3n) is 6.29. The normalized spacial score (nSPS) is 17.4. The van der Waals surface area contributed by atoms with E-state index in [1.807, 2.05) is 0 Å². The molecule has 194 valence electrons. The lowest BCUT2D eigenvalue weighted by Crippen LogP contribution is -2.24. The molecule has 0 bridgehead atoms. The average molecular weight is 535 g/mol. The van der Waals surface area contributed by atoms with Crippen molar-refractivity contribution in [3.63, 3.8) is 0 Å². The van der Waals surface area contributed by atoms with Gasteiger partial charge in [0.25, 0.3) is 0 Å². The molecule has 1 amide bonds. The van der Waals surface area contributed by atoms with E-state index in [1.54, 1.807) is 50.2 Å². The van der Waals surface area contributed by atoms with Crippen LogP contribution in [0.3, 0.4) is 0 Å². The van der Waals surface area contributed by atoms with Crippen molar-refractivity contribution in [1.29, 1.82) is 0 Å². The fourth-order valence-corrected chi connectivity index (χ4v) is 4.60. The molecule has 1 atom stereocenters. The Morgan fingerprint density at radius 2 is 1.81 bits per heavy atom. The summed E-state index contributed by atoms with van der Waals surface area (Å²) >= 11 is 5.78. The van der Waals surface area contributed by atoms with Gasteiger partial charge in [0, 0.05) is 42.5 Å². The molecule has 0 spiro atoms. The first-order valence-corrected chi connectivity index (χ1v) is 12.0. The number of hydrogen-bond acceptors (Lipinski definition) is 4. The fraction of sp³-hybridized carbons (Fsp3) is 0.296. The number of ketones is 1. The second kappa shape index (κ2) is 10.1. The van der Waals surface area contributed by atoms with Gasteiger partial charge in [-0.2, -0.15) is 13.2 Å². The van der Waals surface area contributed by atoms with E-state index in [-0.39, 0.29) is 36.5 Å². The van der Waals surface area contributed by atoms with E-state index in [9.17, 15) is 27.2 Å². The number of carbonyl (C=O) groups excluding carboxylic acids is 2. The average Bonchev–Trinajstić information content (AvgIpc) is 3.25. The van der Waals surface area contributed by atoms with E-state index in [1.165, 1.54) is 0 Å². The summed E-state index contributed by atoms with van der Waals surface area (Å²) < 4.78 is 54.2. The van der Waals surface area contributed by atoms with Gasteiger partial charge in [-0.3, -0.25) is 9.59 Å². The SMILES string of the molecule is CCNC(=O)CCC(=O)c1ccc(C2=NO[C@@](C)(c3cc(Cl)c(F)c(C(F)(F)F)c3)C2)c2ccccc12. The summed E-state index contributed by atoms with van der Waals surface area (Å²) in [7, 11) is 0. The molecule has 1 aliphatic rings. The molecule has 1 N–H and O–H groups in total. The minimum atomic E-state index is -4.93. The molecule has 37 heavy (non-hydrogen) atoms. The van der Waals surface area contributed by atoms with Gasteiger partial charge in [-0.15, -0.1) is 0 Å². The first kappa shape index (κ1) is 26.6. The zero-order chi connectivity index (χ0) is 27.0. The highest BCUT2D eigenvalue weighted by molar-refractivity contribution is 6.31. The first-order chi connectivity index (χ1) is 17.4. The smallest absolute Gasteiger partial charge is 0.384 e. The highest BCUT2D eigenvalue weighted by Gasteiger charge is 2.42. The van der Waals surface area contributed by atoms with E-state index in [0.29, 0.717) is 40.2 Å². The largest absolute Gasteiger partial charge is 0.419 e. The van der Waals surface area contributed by atoms with Crippen LogP contribution in [-0.2, 0) is 21.4 Å². The van der Waals surface area contributed by atoms with Gasteiger partial charge < -0.3 is 10.2 Å². The molecule has 0 aliphatic carbocycles. The zero-order valence-electron chi connectivity index (χ0n) is 20.0. The summed E-state index contributed by atoms with van der Waals surface area (Å²) in [5.41, 5.74) is -1.22. The molecule has 0 radical (unpaired) electrons. The van der Waals surface area contributed by atoms with Crippen LogP contribution in [0.15, 0.2) is 53.7 Å². The molecule has 4 rings (SSSR count). The minimum absolute atomic E-state index is 0.0337. The van der Waals surface area contributed by atoms with Crippen molar-refractivity contribution in [3.8, 4) is 0 Å². The topological polar surface area (TPSA) is 67.8 Å². The van der Waals surface area contributed by atoms with Crippen LogP contribution in [0.1, 0.15) is 60.2 Å². The number of fused-ring (bicyclic) bond motifs is 1. The van der Waals surface area contributed by atoms with Crippen LogP contribution in [0.4, 0.5) is 17.6 Å². The molecule has 3 aromatic carbocycles. The number of benzene rings is 3. The Kier molecular flexibility index (Phi) is 7.28. The predicted molar refractivity (Wildman–Crippen MR) is 132 cm³/mol. The standard InChI is InChI=1S/C27H23ClF4N2O3/c1-3-33-24(36)11-10-23(35)19-9-8-18(16-6-4-5-7-17(16)19)22-14-26(2,37-34-22)15-12-20(27(30,31)32)25(29)21(28)13-15/h4-9,12-13H,3,10-11,14H2,1-2H3,(H,33,36)/t26-/m1/s1. The zero-order valence-corrected chi connectivity index (χ0v) is 20.8. The highest BCUT2D eigenvalue weighted by atomic mass is 35.5. The second-order valence-electron chi connectivity index (χ2n) is 8.94. The Labute approximate surface area is 215 Å². The van der Waals surface area contributed by atoms with E-state index < -0.39 is 28.2 Å². The van der Waals surface area contributed by atoms with Gasteiger partial charge in [0.1, 0.15) is 0 Å². The number of amides is 1. The van der Waals surface area contributed by atoms with Crippen molar-refractivity contribution in [3.05, 3.63) is 81.6 Å². The van der Waals surface area contributed by atoms with Crippen molar-refractivity contribution in [2.75, 3.05) is 6.54 Å². The van der Waals surface area contributed by atoms with Crippen LogP contribution >= 0.6 is 11.6 Å². The lowest BCUT2D eigenvalue weighted by Gasteiger charge is -2.24. The summed E-state index contributed by atoms with van der Waals surface area (Å²) in [5.74, 6) is -1.94. The maximum absolute atomic E-state index is 14.1. The third kappa shape index (κ3) is 5.32. The van der Waals surface area contributed by atoms with E-state index in [0.717, 1.165) is 6.07 Å². The predicted octanol–water partition coefficient (Wildman–Crippen LogP) is 6.79. The maximum atomic E-state index is 14.1. The molecule has 0 aromatic heterocycles. The van der Waals surface area contributed by atoms with Crippen LogP contribution in [-0.4, -0.2) is 23.9 Å². The van der Waals surface area contributed by atoms with Gasteiger partial charge in [-0.1, -0.05) is 53.2 Å². The molecular weight excluding hydrogens is 512 g/mol. The number of oxime groups is 1. The quantitative estimate of drug-likeness (QED) is 0.268. The number of rotatable bonds is 7. The van der Waals surface area contributed by atoms with Crippen LogP contribution in [0.5, 0.6) is 0 Å². The molecule has 0 saturated carbocycles. The van der Waals surface area contributed by atoms with E-state index in [4.69, 9.17) is 16.4 Å². The second-order valence-corrected chi connectivity index (χ2v) is 9.34. The lowest BCUT2D eigenvalue weighted by molar-refractivity contribution is -0.140. The Balaban J connectivity index is 1.65. The van der Waals surface area contributed by atoms with Crippen molar-refractivity contribution in [1.82, 2.24) is 5.32 Å². The molecule has 10 heteroatoms. The monoisotopic (exact) mass is 534 g/mol. The number of nitrogens with one attached hydrogen (secondary N) is 1. The Bertz CT molecular complexity index is 1420. The number of Topliss-reactive ketones (excluding diaryl/α,β-unsaturated/α-hetero) is 1. The van der Waals surface area contributed by atoms with Crippen LogP contribution in [0.2, 0.25) is 5.02 Å². The van der Waals surface area contributed by atoms with Gasteiger partial charge in [0.2, 0.25) is 5.91 Å². The number of halogens is 5. The Hall–Kier alpha value is -3.46. The first-order valence-electron chi connectivity index (χ1n) is 11.6. The molecule has 3 aromatic rings. The van der Waals surface area contributed by atoms with Gasteiger partial charge >= 0.3 is 6.18 Å². The lowest BCUT2D eigenvalue weighted by atomic mass is 9.86.